The molecule has 0 aromatic carbocycles. The minimum absolute atomic E-state index is 0.314. The Balaban J connectivity index is 2.07. The quantitative estimate of drug-likeness (QED) is 0.550. The molecule has 0 bridgehead atoms. The van der Waals surface area contributed by atoms with Crippen LogP contribution in [0.4, 0.5) is 0 Å². The molecule has 0 saturated heterocycles. The molecule has 0 aliphatic rings. The first-order valence-electron chi connectivity index (χ1n) is 6.71. The molecule has 18 heavy (non-hydrogen) atoms. The number of hydrogen-bond donors (Lipinski definition) is 1. The molecule has 0 aliphatic heterocycles. The Bertz CT molecular complexity index is 325. The number of carbonyl (C=O) groups excluding carboxylic acids is 1. The summed E-state index contributed by atoms with van der Waals surface area (Å²) in [6.07, 6.45) is 7.11. The molecule has 1 aromatic rings. The summed E-state index contributed by atoms with van der Waals surface area (Å²) in [4.78, 5) is 12.5. The Morgan fingerprint density at radius 2 is 2.06 bits per heavy atom. The van der Waals surface area contributed by atoms with E-state index in [0.29, 0.717) is 6.61 Å². The van der Waals surface area contributed by atoms with Crippen molar-refractivity contribution in [1.82, 2.24) is 0 Å². The number of ether oxygens (including phenoxy) is 1. The Morgan fingerprint density at radius 1 is 1.33 bits per heavy atom. The molecule has 0 spiro atoms. The summed E-state index contributed by atoms with van der Waals surface area (Å²) in [7, 11) is 0. The second kappa shape index (κ2) is 9.11. The van der Waals surface area contributed by atoms with Crippen LogP contribution in [0.1, 0.15) is 56.4 Å². The normalized spacial score (nSPS) is 12.3. The molecular weight excluding hydrogens is 246 g/mol. The fourth-order valence-electron chi connectivity index (χ4n) is 1.73. The van der Waals surface area contributed by atoms with E-state index in [1.165, 1.54) is 37.0 Å². The maximum Gasteiger partial charge on any atom is 0.328 e. The molecule has 1 unspecified atom stereocenters. The summed E-state index contributed by atoms with van der Waals surface area (Å²) >= 11 is 1.49. The second-order valence-corrected chi connectivity index (χ2v) is 5.41. The van der Waals surface area contributed by atoms with Gasteiger partial charge in [0.05, 0.1) is 6.61 Å². The van der Waals surface area contributed by atoms with Gasteiger partial charge in [-0.05, 0) is 17.9 Å². The summed E-state index contributed by atoms with van der Waals surface area (Å²) in [5.74, 6) is -0.314. The predicted molar refractivity (Wildman–Crippen MR) is 75.6 cm³/mol. The lowest BCUT2D eigenvalue weighted by molar-refractivity contribution is -0.145. The molecule has 4 heteroatoms. The van der Waals surface area contributed by atoms with Crippen molar-refractivity contribution in [3.05, 3.63) is 22.4 Å². The van der Waals surface area contributed by atoms with Crippen molar-refractivity contribution >= 4 is 17.3 Å². The lowest BCUT2D eigenvalue weighted by atomic mass is 10.1. The molecule has 0 saturated carbocycles. The van der Waals surface area contributed by atoms with Gasteiger partial charge in [0.1, 0.15) is 6.04 Å². The topological polar surface area (TPSA) is 52.3 Å². The van der Waals surface area contributed by atoms with E-state index < -0.39 is 6.04 Å². The van der Waals surface area contributed by atoms with Crippen molar-refractivity contribution < 1.29 is 9.53 Å². The number of thiophene rings is 1. The van der Waals surface area contributed by atoms with Crippen LogP contribution < -0.4 is 5.73 Å². The number of hydrogen-bond acceptors (Lipinski definition) is 4. The van der Waals surface area contributed by atoms with Gasteiger partial charge in [0.2, 0.25) is 0 Å². The van der Waals surface area contributed by atoms with Crippen LogP contribution in [-0.4, -0.2) is 12.6 Å². The summed E-state index contributed by atoms with van der Waals surface area (Å²) in [5, 5.41) is 1.91. The molecule has 1 rings (SSSR count). The van der Waals surface area contributed by atoms with Crippen LogP contribution >= 0.6 is 11.3 Å². The third kappa shape index (κ3) is 5.65. The van der Waals surface area contributed by atoms with Crippen LogP contribution in [0, 0.1) is 0 Å². The standard InChI is InChI=1S/C14H23NO2S/c1-2-3-4-5-6-7-10-17-14(16)13(15)12-9-8-11-18-12/h8-9,11,13H,2-7,10,15H2,1H3. The lowest BCUT2D eigenvalue weighted by Crippen LogP contribution is -2.23. The van der Waals surface area contributed by atoms with E-state index in [1.54, 1.807) is 0 Å². The van der Waals surface area contributed by atoms with E-state index in [2.05, 4.69) is 6.92 Å². The average Bonchev–Trinajstić information content (AvgIpc) is 2.90. The zero-order valence-corrected chi connectivity index (χ0v) is 11.9. The highest BCUT2D eigenvalue weighted by Gasteiger charge is 2.17. The van der Waals surface area contributed by atoms with Crippen LogP contribution in [0.15, 0.2) is 17.5 Å². The van der Waals surface area contributed by atoms with Crippen LogP contribution in [0.25, 0.3) is 0 Å². The smallest absolute Gasteiger partial charge is 0.328 e. The van der Waals surface area contributed by atoms with Crippen molar-refractivity contribution in [3.8, 4) is 0 Å². The predicted octanol–water partition coefficient (Wildman–Crippen LogP) is 3.65. The molecule has 2 N–H and O–H groups in total. The second-order valence-electron chi connectivity index (χ2n) is 4.43. The van der Waals surface area contributed by atoms with Crippen LogP contribution in [-0.2, 0) is 9.53 Å². The zero-order chi connectivity index (χ0) is 13.2. The largest absolute Gasteiger partial charge is 0.464 e. The number of esters is 1. The number of nitrogens with two attached hydrogens (primary N) is 1. The Morgan fingerprint density at radius 3 is 2.72 bits per heavy atom. The number of unbranched alkanes of at least 4 members (excludes halogenated alkanes) is 5. The third-order valence-electron chi connectivity index (χ3n) is 2.85. The summed E-state index contributed by atoms with van der Waals surface area (Å²) < 4.78 is 5.18. The van der Waals surface area contributed by atoms with Gasteiger partial charge < -0.3 is 10.5 Å². The first-order valence-corrected chi connectivity index (χ1v) is 7.59. The minimum atomic E-state index is -0.620. The molecular formula is C14H23NO2S. The van der Waals surface area contributed by atoms with Gasteiger partial charge in [-0.1, -0.05) is 45.1 Å². The van der Waals surface area contributed by atoms with E-state index in [-0.39, 0.29) is 5.97 Å². The van der Waals surface area contributed by atoms with Crippen molar-refractivity contribution in [2.24, 2.45) is 5.73 Å². The molecule has 1 heterocycles. The van der Waals surface area contributed by atoms with E-state index in [9.17, 15) is 4.79 Å². The SMILES string of the molecule is CCCCCCCCOC(=O)C(N)c1cccs1. The molecule has 0 fully saturated rings. The summed E-state index contributed by atoms with van der Waals surface area (Å²) in [5.41, 5.74) is 5.80. The summed E-state index contributed by atoms with van der Waals surface area (Å²) in [6.45, 7) is 2.69. The van der Waals surface area contributed by atoms with Crippen molar-refractivity contribution in [2.45, 2.75) is 51.5 Å². The van der Waals surface area contributed by atoms with Gasteiger partial charge in [-0.2, -0.15) is 0 Å². The van der Waals surface area contributed by atoms with Crippen molar-refractivity contribution in [1.29, 1.82) is 0 Å². The number of carbonyl (C=O) groups is 1. The van der Waals surface area contributed by atoms with Crippen molar-refractivity contribution in [3.63, 3.8) is 0 Å². The first kappa shape index (κ1) is 15.2. The van der Waals surface area contributed by atoms with Gasteiger partial charge in [-0.25, -0.2) is 4.79 Å². The Hall–Kier alpha value is -0.870. The zero-order valence-electron chi connectivity index (χ0n) is 11.1. The maximum atomic E-state index is 11.6. The number of rotatable bonds is 9. The van der Waals surface area contributed by atoms with Crippen LogP contribution in [0.2, 0.25) is 0 Å². The average molecular weight is 269 g/mol. The van der Waals surface area contributed by atoms with E-state index in [1.807, 2.05) is 17.5 Å². The molecule has 3 nitrogen and oxygen atoms in total. The van der Waals surface area contributed by atoms with Crippen molar-refractivity contribution in [2.75, 3.05) is 6.61 Å². The Kier molecular flexibility index (Phi) is 7.69. The monoisotopic (exact) mass is 269 g/mol. The van der Waals surface area contributed by atoms with Gasteiger partial charge in [0, 0.05) is 4.88 Å². The fraction of sp³-hybridized carbons (Fsp3) is 0.643. The van der Waals surface area contributed by atoms with Gasteiger partial charge >= 0.3 is 5.97 Å². The fourth-order valence-corrected chi connectivity index (χ4v) is 2.44. The van der Waals surface area contributed by atoms with Gasteiger partial charge in [-0.3, -0.25) is 0 Å². The molecule has 1 aromatic heterocycles. The van der Waals surface area contributed by atoms with E-state index >= 15 is 0 Å². The lowest BCUT2D eigenvalue weighted by Gasteiger charge is -2.09. The van der Waals surface area contributed by atoms with E-state index in [0.717, 1.165) is 17.7 Å². The minimum Gasteiger partial charge on any atom is -0.464 e. The molecule has 1 atom stereocenters. The van der Waals surface area contributed by atoms with Gasteiger partial charge in [-0.15, -0.1) is 11.3 Å². The molecule has 102 valence electrons. The first-order chi connectivity index (χ1) is 8.75. The van der Waals surface area contributed by atoms with Gasteiger partial charge in [0.15, 0.2) is 0 Å². The highest BCUT2D eigenvalue weighted by Crippen LogP contribution is 2.17. The summed E-state index contributed by atoms with van der Waals surface area (Å²) in [6, 6.07) is 3.13. The van der Waals surface area contributed by atoms with Gasteiger partial charge in [0.25, 0.3) is 0 Å². The van der Waals surface area contributed by atoms with Crippen LogP contribution in [0.3, 0.4) is 0 Å². The molecule has 0 amide bonds. The van der Waals surface area contributed by atoms with Crippen LogP contribution in [0.5, 0.6) is 0 Å². The maximum absolute atomic E-state index is 11.6. The molecule has 0 aliphatic carbocycles. The van der Waals surface area contributed by atoms with E-state index in [4.69, 9.17) is 10.5 Å². The highest BCUT2D eigenvalue weighted by atomic mass is 32.1. The Labute approximate surface area is 113 Å². The third-order valence-corrected chi connectivity index (χ3v) is 3.80. The highest BCUT2D eigenvalue weighted by molar-refractivity contribution is 7.10. The molecule has 0 radical (unpaired) electrons.